The third-order valence-corrected chi connectivity index (χ3v) is 5.91. The third-order valence-electron chi connectivity index (χ3n) is 4.15. The Hall–Kier alpha value is -3.17. The van der Waals surface area contributed by atoms with Crippen LogP contribution in [0, 0.1) is 6.92 Å². The van der Waals surface area contributed by atoms with Crippen LogP contribution in [0.3, 0.4) is 0 Å². The lowest BCUT2D eigenvalue weighted by atomic mass is 10.2. The number of sulfonamides is 1. The minimum absolute atomic E-state index is 0.0364. The number of anilines is 3. The zero-order chi connectivity index (χ0) is 21.9. The summed E-state index contributed by atoms with van der Waals surface area (Å²) >= 11 is 5.92. The first-order chi connectivity index (χ1) is 14.2. The highest BCUT2D eigenvalue weighted by atomic mass is 35.5. The predicted molar refractivity (Wildman–Crippen MR) is 118 cm³/mol. The average Bonchev–Trinajstić information content (AvgIpc) is 2.69. The summed E-state index contributed by atoms with van der Waals surface area (Å²) in [4.78, 5) is 14.3. The van der Waals surface area contributed by atoms with Crippen LogP contribution in [-0.2, 0) is 10.0 Å². The highest BCUT2D eigenvalue weighted by Crippen LogP contribution is 2.24. The SMILES string of the molecule is Cc1ccc(NC(=O)c2ccc(N(C)C)nn2)cc1S(=O)(=O)Nc1cccc(Cl)c1. The first-order valence-corrected chi connectivity index (χ1v) is 10.7. The van der Waals surface area contributed by atoms with Crippen molar-refractivity contribution in [1.82, 2.24) is 10.2 Å². The summed E-state index contributed by atoms with van der Waals surface area (Å²) in [7, 11) is -0.262. The second-order valence-electron chi connectivity index (χ2n) is 6.72. The average molecular weight is 446 g/mol. The van der Waals surface area contributed by atoms with Crippen LogP contribution in [0.1, 0.15) is 16.1 Å². The van der Waals surface area contributed by atoms with Gasteiger partial charge < -0.3 is 10.2 Å². The van der Waals surface area contributed by atoms with Gasteiger partial charge in [-0.15, -0.1) is 10.2 Å². The number of carbonyl (C=O) groups is 1. The molecule has 0 saturated heterocycles. The van der Waals surface area contributed by atoms with Crippen molar-refractivity contribution in [2.24, 2.45) is 0 Å². The number of aryl methyl sites for hydroxylation is 1. The first kappa shape index (κ1) is 21.5. The lowest BCUT2D eigenvalue weighted by Crippen LogP contribution is -2.18. The topological polar surface area (TPSA) is 104 Å². The number of nitrogens with one attached hydrogen (secondary N) is 2. The molecule has 0 fully saturated rings. The van der Waals surface area contributed by atoms with E-state index in [0.29, 0.717) is 27.8 Å². The molecule has 30 heavy (non-hydrogen) atoms. The van der Waals surface area contributed by atoms with Gasteiger partial charge >= 0.3 is 0 Å². The van der Waals surface area contributed by atoms with E-state index in [2.05, 4.69) is 20.2 Å². The molecule has 2 N–H and O–H groups in total. The van der Waals surface area contributed by atoms with Crippen LogP contribution >= 0.6 is 11.6 Å². The minimum atomic E-state index is -3.89. The molecule has 0 saturated carbocycles. The Morgan fingerprint density at radius 3 is 2.40 bits per heavy atom. The number of nitrogens with zero attached hydrogens (tertiary/aromatic N) is 3. The fourth-order valence-corrected chi connectivity index (χ4v) is 4.12. The Balaban J connectivity index is 1.83. The lowest BCUT2D eigenvalue weighted by Gasteiger charge is -2.13. The monoisotopic (exact) mass is 445 g/mol. The fourth-order valence-electron chi connectivity index (χ4n) is 2.61. The van der Waals surface area contributed by atoms with Gasteiger partial charge in [0.1, 0.15) is 0 Å². The van der Waals surface area contributed by atoms with Crippen molar-refractivity contribution in [3.8, 4) is 0 Å². The Bertz CT molecular complexity index is 1180. The normalized spacial score (nSPS) is 11.1. The van der Waals surface area contributed by atoms with Gasteiger partial charge in [-0.05, 0) is 55.0 Å². The molecule has 3 aromatic rings. The van der Waals surface area contributed by atoms with E-state index in [9.17, 15) is 13.2 Å². The maximum absolute atomic E-state index is 12.8. The minimum Gasteiger partial charge on any atom is -0.361 e. The van der Waals surface area contributed by atoms with Crippen molar-refractivity contribution in [1.29, 1.82) is 0 Å². The summed E-state index contributed by atoms with van der Waals surface area (Å²) in [6.07, 6.45) is 0. The van der Waals surface area contributed by atoms with Crippen molar-refractivity contribution < 1.29 is 13.2 Å². The molecule has 1 amide bonds. The molecule has 0 radical (unpaired) electrons. The summed E-state index contributed by atoms with van der Waals surface area (Å²) in [5.41, 5.74) is 1.29. The molecule has 0 unspecified atom stereocenters. The van der Waals surface area contributed by atoms with Crippen molar-refractivity contribution in [3.63, 3.8) is 0 Å². The molecule has 0 bridgehead atoms. The summed E-state index contributed by atoms with van der Waals surface area (Å²) in [5.74, 6) is 0.116. The molecular weight excluding hydrogens is 426 g/mol. The van der Waals surface area contributed by atoms with Crippen LogP contribution in [-0.4, -0.2) is 38.6 Å². The molecule has 0 spiro atoms. The number of hydrogen-bond acceptors (Lipinski definition) is 6. The van der Waals surface area contributed by atoms with Crippen molar-refractivity contribution in [3.05, 3.63) is 70.9 Å². The largest absolute Gasteiger partial charge is 0.361 e. The van der Waals surface area contributed by atoms with Gasteiger partial charge in [-0.2, -0.15) is 0 Å². The van der Waals surface area contributed by atoms with Crippen LogP contribution in [0.15, 0.2) is 59.5 Å². The number of amides is 1. The van der Waals surface area contributed by atoms with Gasteiger partial charge in [0.15, 0.2) is 11.5 Å². The Kier molecular flexibility index (Phi) is 6.23. The molecule has 0 aliphatic heterocycles. The first-order valence-electron chi connectivity index (χ1n) is 8.87. The van der Waals surface area contributed by atoms with Crippen LogP contribution in [0.5, 0.6) is 0 Å². The van der Waals surface area contributed by atoms with Crippen LogP contribution in [0.2, 0.25) is 5.02 Å². The highest BCUT2D eigenvalue weighted by Gasteiger charge is 2.19. The quantitative estimate of drug-likeness (QED) is 0.601. The molecule has 0 aliphatic carbocycles. The van der Waals surface area contributed by atoms with Crippen molar-refractivity contribution in [2.75, 3.05) is 29.0 Å². The van der Waals surface area contributed by atoms with Gasteiger partial charge in [0.25, 0.3) is 15.9 Å². The van der Waals surface area contributed by atoms with E-state index < -0.39 is 15.9 Å². The molecule has 10 heteroatoms. The highest BCUT2D eigenvalue weighted by molar-refractivity contribution is 7.92. The molecule has 0 aliphatic rings. The second kappa shape index (κ2) is 8.68. The maximum atomic E-state index is 12.8. The molecule has 3 rings (SSSR count). The molecule has 156 valence electrons. The Morgan fingerprint density at radius 1 is 1.00 bits per heavy atom. The summed E-state index contributed by atoms with van der Waals surface area (Å²) in [6, 6.07) is 14.2. The summed E-state index contributed by atoms with van der Waals surface area (Å²) < 4.78 is 28.2. The molecule has 0 atom stereocenters. The van der Waals surface area contributed by atoms with Gasteiger partial charge in [-0.3, -0.25) is 9.52 Å². The maximum Gasteiger partial charge on any atom is 0.276 e. The summed E-state index contributed by atoms with van der Waals surface area (Å²) in [5, 5.41) is 10.9. The smallest absolute Gasteiger partial charge is 0.276 e. The van der Waals surface area contributed by atoms with E-state index in [1.807, 2.05) is 14.1 Å². The number of hydrogen-bond donors (Lipinski definition) is 2. The van der Waals surface area contributed by atoms with Crippen molar-refractivity contribution in [2.45, 2.75) is 11.8 Å². The zero-order valence-corrected chi connectivity index (χ0v) is 18.1. The molecule has 2 aromatic carbocycles. The third kappa shape index (κ3) is 5.05. The zero-order valence-electron chi connectivity index (χ0n) is 16.5. The standard InChI is InChI=1S/C20H20ClN5O3S/c1-13-7-8-15(22-20(27)17-9-10-19(24-23-17)26(2)3)12-18(13)30(28,29)25-16-6-4-5-14(21)11-16/h4-12,25H,1-3H3,(H,22,27). The number of rotatable bonds is 6. The van der Waals surface area contributed by atoms with Gasteiger partial charge in [0, 0.05) is 24.8 Å². The predicted octanol–water partition coefficient (Wildman–Crippen LogP) is 3.56. The molecule has 8 nitrogen and oxygen atoms in total. The summed E-state index contributed by atoms with van der Waals surface area (Å²) in [6.45, 7) is 1.67. The molecular formula is C20H20ClN5O3S. The van der Waals surface area contributed by atoms with Gasteiger partial charge in [0.05, 0.1) is 10.6 Å². The van der Waals surface area contributed by atoms with E-state index in [0.717, 1.165) is 0 Å². The molecule has 1 heterocycles. The van der Waals surface area contributed by atoms with E-state index in [-0.39, 0.29) is 10.6 Å². The van der Waals surface area contributed by atoms with Gasteiger partial charge in [-0.1, -0.05) is 23.7 Å². The van der Waals surface area contributed by atoms with E-state index in [4.69, 9.17) is 11.6 Å². The fraction of sp³-hybridized carbons (Fsp3) is 0.150. The van der Waals surface area contributed by atoms with E-state index >= 15 is 0 Å². The van der Waals surface area contributed by atoms with E-state index in [1.54, 1.807) is 54.3 Å². The number of carbonyl (C=O) groups excluding carboxylic acids is 1. The van der Waals surface area contributed by atoms with E-state index in [1.165, 1.54) is 12.1 Å². The molecule has 1 aromatic heterocycles. The Labute approximate surface area is 179 Å². The number of aromatic nitrogens is 2. The second-order valence-corrected chi connectivity index (χ2v) is 8.81. The van der Waals surface area contributed by atoms with Crippen LogP contribution < -0.4 is 14.9 Å². The number of benzene rings is 2. The lowest BCUT2D eigenvalue weighted by molar-refractivity contribution is 0.102. The van der Waals surface area contributed by atoms with Gasteiger partial charge in [0.2, 0.25) is 0 Å². The van der Waals surface area contributed by atoms with Crippen LogP contribution in [0.25, 0.3) is 0 Å². The van der Waals surface area contributed by atoms with Crippen molar-refractivity contribution >= 4 is 44.7 Å². The Morgan fingerprint density at radius 2 is 1.77 bits per heavy atom. The van der Waals surface area contributed by atoms with Crippen LogP contribution in [0.4, 0.5) is 17.2 Å². The number of halogens is 1. The van der Waals surface area contributed by atoms with Gasteiger partial charge in [-0.25, -0.2) is 8.42 Å².